The minimum absolute atomic E-state index is 0.139. The van der Waals surface area contributed by atoms with Gasteiger partial charge in [-0.2, -0.15) is 0 Å². The molecule has 0 amide bonds. The minimum Gasteiger partial charge on any atom is -0.497 e. The van der Waals surface area contributed by atoms with E-state index in [0.717, 1.165) is 22.8 Å². The molecule has 1 aliphatic rings. The Labute approximate surface area is 118 Å². The fourth-order valence-electron chi connectivity index (χ4n) is 2.65. The number of benzene rings is 2. The highest BCUT2D eigenvalue weighted by Gasteiger charge is 2.28. The first-order chi connectivity index (χ1) is 9.83. The molecule has 0 saturated heterocycles. The molecule has 0 fully saturated rings. The smallest absolute Gasteiger partial charge is 0.127 e. The molecule has 0 aliphatic carbocycles. The molecule has 2 aromatic carbocycles. The fraction of sp³-hybridized carbons (Fsp3) is 0.235. The van der Waals surface area contributed by atoms with Gasteiger partial charge in [0.2, 0.25) is 0 Å². The van der Waals surface area contributed by atoms with Crippen molar-refractivity contribution in [3.63, 3.8) is 0 Å². The first-order valence-corrected chi connectivity index (χ1v) is 6.64. The second-order valence-corrected chi connectivity index (χ2v) is 4.75. The van der Waals surface area contributed by atoms with Gasteiger partial charge in [0, 0.05) is 12.6 Å². The van der Waals surface area contributed by atoms with Gasteiger partial charge in [0.25, 0.3) is 0 Å². The predicted molar refractivity (Wildman–Crippen MR) is 80.1 cm³/mol. The largest absolute Gasteiger partial charge is 0.497 e. The number of para-hydroxylation sites is 1. The molecule has 0 N–H and O–H groups in total. The van der Waals surface area contributed by atoms with Gasteiger partial charge in [0.1, 0.15) is 18.1 Å². The summed E-state index contributed by atoms with van der Waals surface area (Å²) in [5, 5.41) is 0. The normalized spacial score (nSPS) is 19.3. The number of rotatable bonds is 2. The van der Waals surface area contributed by atoms with Crippen molar-refractivity contribution >= 4 is 5.71 Å². The summed E-state index contributed by atoms with van der Waals surface area (Å²) in [6.45, 7) is 0.537. The van der Waals surface area contributed by atoms with Gasteiger partial charge in [-0.05, 0) is 23.8 Å². The third-order valence-electron chi connectivity index (χ3n) is 3.65. The Morgan fingerprint density at radius 2 is 2.00 bits per heavy atom. The van der Waals surface area contributed by atoms with Crippen LogP contribution in [-0.2, 0) is 0 Å². The highest BCUT2D eigenvalue weighted by Crippen LogP contribution is 2.37. The van der Waals surface area contributed by atoms with E-state index in [1.165, 1.54) is 5.56 Å². The van der Waals surface area contributed by atoms with Crippen LogP contribution in [0.1, 0.15) is 17.0 Å². The maximum atomic E-state index is 5.77. The maximum Gasteiger partial charge on any atom is 0.127 e. The summed E-state index contributed by atoms with van der Waals surface area (Å²) in [6, 6.07) is 16.3. The van der Waals surface area contributed by atoms with Crippen LogP contribution in [0.2, 0.25) is 0 Å². The van der Waals surface area contributed by atoms with E-state index in [4.69, 9.17) is 9.47 Å². The van der Waals surface area contributed by atoms with Crippen molar-refractivity contribution in [2.45, 2.75) is 5.92 Å². The van der Waals surface area contributed by atoms with Crippen molar-refractivity contribution in [1.82, 2.24) is 0 Å². The molecule has 102 valence electrons. The lowest BCUT2D eigenvalue weighted by molar-refractivity contribution is 0.357. The number of ether oxygens (including phenoxy) is 2. The van der Waals surface area contributed by atoms with Crippen LogP contribution < -0.4 is 9.47 Å². The molecule has 3 nitrogen and oxygen atoms in total. The Bertz CT molecular complexity index is 649. The zero-order valence-electron chi connectivity index (χ0n) is 11.7. The summed E-state index contributed by atoms with van der Waals surface area (Å²) in [5.74, 6) is 1.94. The number of methoxy groups -OCH3 is 1. The average molecular weight is 267 g/mol. The SMILES string of the molecule is CN=C1COc2ccccc2C1c1cccc(OC)c1. The van der Waals surface area contributed by atoms with E-state index in [1.54, 1.807) is 7.11 Å². The first-order valence-electron chi connectivity index (χ1n) is 6.64. The minimum atomic E-state index is 0.139. The molecule has 1 aliphatic heterocycles. The van der Waals surface area contributed by atoms with Crippen LogP contribution in [0.4, 0.5) is 0 Å². The van der Waals surface area contributed by atoms with Crippen molar-refractivity contribution in [3.8, 4) is 11.5 Å². The summed E-state index contributed by atoms with van der Waals surface area (Å²) < 4.78 is 11.1. The number of aliphatic imine (C=N–C) groups is 1. The van der Waals surface area contributed by atoms with Crippen molar-refractivity contribution in [2.24, 2.45) is 4.99 Å². The second kappa shape index (κ2) is 5.37. The van der Waals surface area contributed by atoms with Gasteiger partial charge in [0.15, 0.2) is 0 Å². The number of fused-ring (bicyclic) bond motifs is 1. The Kier molecular flexibility index (Phi) is 3.42. The van der Waals surface area contributed by atoms with E-state index in [9.17, 15) is 0 Å². The lowest BCUT2D eigenvalue weighted by atomic mass is 9.85. The molecule has 1 unspecified atom stereocenters. The topological polar surface area (TPSA) is 30.8 Å². The van der Waals surface area contributed by atoms with E-state index in [-0.39, 0.29) is 5.92 Å². The third-order valence-corrected chi connectivity index (χ3v) is 3.65. The maximum absolute atomic E-state index is 5.77. The zero-order valence-corrected chi connectivity index (χ0v) is 11.7. The predicted octanol–water partition coefficient (Wildman–Crippen LogP) is 3.29. The highest BCUT2D eigenvalue weighted by atomic mass is 16.5. The Morgan fingerprint density at radius 3 is 2.80 bits per heavy atom. The quantitative estimate of drug-likeness (QED) is 0.836. The molecule has 0 bridgehead atoms. The van der Waals surface area contributed by atoms with Crippen LogP contribution in [0, 0.1) is 0 Å². The Hall–Kier alpha value is -2.29. The van der Waals surface area contributed by atoms with Crippen molar-refractivity contribution < 1.29 is 9.47 Å². The number of nitrogens with zero attached hydrogens (tertiary/aromatic N) is 1. The molecule has 0 spiro atoms. The fourth-order valence-corrected chi connectivity index (χ4v) is 2.65. The lowest BCUT2D eigenvalue weighted by Gasteiger charge is -2.28. The summed E-state index contributed by atoms with van der Waals surface area (Å²) in [5.41, 5.74) is 3.38. The lowest BCUT2D eigenvalue weighted by Crippen LogP contribution is -2.27. The average Bonchev–Trinajstić information content (AvgIpc) is 2.53. The van der Waals surface area contributed by atoms with Crippen LogP contribution in [0.5, 0.6) is 11.5 Å². The van der Waals surface area contributed by atoms with Gasteiger partial charge in [-0.25, -0.2) is 0 Å². The van der Waals surface area contributed by atoms with Crippen molar-refractivity contribution in [3.05, 3.63) is 59.7 Å². The molecule has 0 radical (unpaired) electrons. The van der Waals surface area contributed by atoms with Crippen LogP contribution in [0.25, 0.3) is 0 Å². The van der Waals surface area contributed by atoms with Gasteiger partial charge < -0.3 is 9.47 Å². The van der Waals surface area contributed by atoms with E-state index >= 15 is 0 Å². The second-order valence-electron chi connectivity index (χ2n) is 4.75. The molecule has 20 heavy (non-hydrogen) atoms. The van der Waals surface area contributed by atoms with Crippen LogP contribution in [0.15, 0.2) is 53.5 Å². The molecular weight excluding hydrogens is 250 g/mol. The van der Waals surface area contributed by atoms with E-state index in [2.05, 4.69) is 23.2 Å². The van der Waals surface area contributed by atoms with E-state index in [1.807, 2.05) is 37.4 Å². The molecule has 1 heterocycles. The summed E-state index contributed by atoms with van der Waals surface area (Å²) in [4.78, 5) is 4.41. The van der Waals surface area contributed by atoms with Gasteiger partial charge in [-0.1, -0.05) is 30.3 Å². The van der Waals surface area contributed by atoms with Crippen LogP contribution in [0.3, 0.4) is 0 Å². The van der Waals surface area contributed by atoms with Crippen molar-refractivity contribution in [1.29, 1.82) is 0 Å². The first kappa shape index (κ1) is 12.7. The highest BCUT2D eigenvalue weighted by molar-refractivity contribution is 5.97. The summed E-state index contributed by atoms with van der Waals surface area (Å²) >= 11 is 0. The van der Waals surface area contributed by atoms with Crippen molar-refractivity contribution in [2.75, 3.05) is 20.8 Å². The van der Waals surface area contributed by atoms with Gasteiger partial charge in [-0.3, -0.25) is 4.99 Å². The van der Waals surface area contributed by atoms with Gasteiger partial charge in [-0.15, -0.1) is 0 Å². The third kappa shape index (κ3) is 2.16. The molecule has 3 rings (SSSR count). The van der Waals surface area contributed by atoms with Crippen LogP contribution in [-0.4, -0.2) is 26.5 Å². The monoisotopic (exact) mass is 267 g/mol. The van der Waals surface area contributed by atoms with Crippen LogP contribution >= 0.6 is 0 Å². The summed E-state index contributed by atoms with van der Waals surface area (Å²) in [7, 11) is 3.51. The summed E-state index contributed by atoms with van der Waals surface area (Å²) in [6.07, 6.45) is 0. The molecule has 1 atom stereocenters. The Balaban J connectivity index is 2.13. The molecule has 0 saturated carbocycles. The molecule has 3 heteroatoms. The number of hydrogen-bond donors (Lipinski definition) is 0. The Morgan fingerprint density at radius 1 is 1.15 bits per heavy atom. The standard InChI is InChI=1S/C17H17NO2/c1-18-15-11-20-16-9-4-3-8-14(16)17(15)12-6-5-7-13(10-12)19-2/h3-10,17H,11H2,1-2H3. The molecule has 0 aromatic heterocycles. The van der Waals surface area contributed by atoms with E-state index < -0.39 is 0 Å². The molecular formula is C17H17NO2. The van der Waals surface area contributed by atoms with Gasteiger partial charge in [0.05, 0.1) is 18.7 Å². The van der Waals surface area contributed by atoms with E-state index in [0.29, 0.717) is 6.61 Å². The molecule has 2 aromatic rings. The zero-order chi connectivity index (χ0) is 13.9. The number of hydrogen-bond acceptors (Lipinski definition) is 3. The van der Waals surface area contributed by atoms with Gasteiger partial charge >= 0.3 is 0 Å².